The molecule has 0 radical (unpaired) electrons. The fourth-order valence-electron chi connectivity index (χ4n) is 3.48. The van der Waals surface area contributed by atoms with Crippen molar-refractivity contribution in [3.63, 3.8) is 0 Å². The molecule has 1 aliphatic carbocycles. The Balaban J connectivity index is 1.57. The summed E-state index contributed by atoms with van der Waals surface area (Å²) in [5.74, 6) is 1.77. The molecule has 1 aliphatic heterocycles. The fourth-order valence-corrected chi connectivity index (χ4v) is 3.48. The van der Waals surface area contributed by atoms with Crippen LogP contribution in [0.1, 0.15) is 58.8 Å². The van der Waals surface area contributed by atoms with E-state index in [1.165, 1.54) is 71.1 Å². The molecule has 18 heavy (non-hydrogen) atoms. The predicted molar refractivity (Wildman–Crippen MR) is 78.9 cm³/mol. The first-order chi connectivity index (χ1) is 8.74. The summed E-state index contributed by atoms with van der Waals surface area (Å²) in [4.78, 5) is 2.67. The van der Waals surface area contributed by atoms with Gasteiger partial charge in [0, 0.05) is 12.6 Å². The van der Waals surface area contributed by atoms with Crippen molar-refractivity contribution in [1.29, 1.82) is 0 Å². The molecule has 2 fully saturated rings. The van der Waals surface area contributed by atoms with Gasteiger partial charge in [-0.05, 0) is 70.0 Å². The van der Waals surface area contributed by atoms with Gasteiger partial charge in [0.2, 0.25) is 0 Å². The molecule has 0 aromatic rings. The fraction of sp³-hybridized carbons (Fsp3) is 1.00. The molecule has 1 heterocycles. The molecule has 106 valence electrons. The van der Waals surface area contributed by atoms with E-state index in [-0.39, 0.29) is 0 Å². The van der Waals surface area contributed by atoms with Crippen LogP contribution in [0.5, 0.6) is 0 Å². The number of piperidine rings is 1. The van der Waals surface area contributed by atoms with Crippen molar-refractivity contribution >= 4 is 0 Å². The minimum atomic E-state index is 0.808. The van der Waals surface area contributed by atoms with Crippen LogP contribution in [0.25, 0.3) is 0 Å². The van der Waals surface area contributed by atoms with E-state index in [2.05, 4.69) is 24.1 Å². The third-order valence-corrected chi connectivity index (χ3v) is 4.79. The van der Waals surface area contributed by atoms with Crippen LogP contribution >= 0.6 is 0 Å². The monoisotopic (exact) mass is 252 g/mol. The lowest BCUT2D eigenvalue weighted by Gasteiger charge is -2.31. The van der Waals surface area contributed by atoms with Crippen LogP contribution in [0.15, 0.2) is 0 Å². The quantitative estimate of drug-likeness (QED) is 0.808. The van der Waals surface area contributed by atoms with Gasteiger partial charge < -0.3 is 10.2 Å². The van der Waals surface area contributed by atoms with Crippen molar-refractivity contribution in [3.8, 4) is 0 Å². The summed E-state index contributed by atoms with van der Waals surface area (Å²) in [7, 11) is 0. The lowest BCUT2D eigenvalue weighted by atomic mass is 9.87. The minimum Gasteiger partial charge on any atom is -0.314 e. The molecule has 1 saturated heterocycles. The lowest BCUT2D eigenvalue weighted by molar-refractivity contribution is 0.194. The number of likely N-dealkylation sites (tertiary alicyclic amines) is 1. The van der Waals surface area contributed by atoms with E-state index >= 15 is 0 Å². The summed E-state index contributed by atoms with van der Waals surface area (Å²) in [6.45, 7) is 10.0. The van der Waals surface area contributed by atoms with Crippen molar-refractivity contribution in [2.75, 3.05) is 26.2 Å². The van der Waals surface area contributed by atoms with Crippen molar-refractivity contribution in [1.82, 2.24) is 10.2 Å². The maximum absolute atomic E-state index is 3.80. The molecule has 1 saturated carbocycles. The van der Waals surface area contributed by atoms with Crippen molar-refractivity contribution in [3.05, 3.63) is 0 Å². The van der Waals surface area contributed by atoms with Crippen molar-refractivity contribution in [2.45, 2.75) is 64.8 Å². The normalized spacial score (nSPS) is 32.3. The lowest BCUT2D eigenvalue weighted by Crippen LogP contribution is -2.40. The molecule has 2 rings (SSSR count). The zero-order valence-electron chi connectivity index (χ0n) is 12.5. The SMILES string of the molecule is CC1CCC(NCC(C)CN2CCCCC2)CC1. The second-order valence-electron chi connectivity index (χ2n) is 6.83. The molecule has 0 spiro atoms. The molecule has 0 aromatic carbocycles. The van der Waals surface area contributed by atoms with Crippen LogP contribution in [0.2, 0.25) is 0 Å². The zero-order valence-corrected chi connectivity index (χ0v) is 12.5. The molecule has 0 amide bonds. The molecular formula is C16H32N2. The second-order valence-corrected chi connectivity index (χ2v) is 6.83. The Morgan fingerprint density at radius 3 is 2.39 bits per heavy atom. The van der Waals surface area contributed by atoms with E-state index in [0.717, 1.165) is 17.9 Å². The maximum Gasteiger partial charge on any atom is 0.00673 e. The van der Waals surface area contributed by atoms with E-state index in [1.54, 1.807) is 0 Å². The number of rotatable bonds is 5. The Hall–Kier alpha value is -0.0800. The first kappa shape index (κ1) is 14.3. The summed E-state index contributed by atoms with van der Waals surface area (Å²) >= 11 is 0. The summed E-state index contributed by atoms with van der Waals surface area (Å²) in [6, 6.07) is 0.810. The molecule has 2 heteroatoms. The van der Waals surface area contributed by atoms with Crippen LogP contribution in [0.4, 0.5) is 0 Å². The summed E-state index contributed by atoms with van der Waals surface area (Å²) in [5, 5.41) is 3.80. The van der Waals surface area contributed by atoms with E-state index in [0.29, 0.717) is 0 Å². The molecule has 2 aliphatic rings. The van der Waals surface area contributed by atoms with Gasteiger partial charge in [-0.2, -0.15) is 0 Å². The van der Waals surface area contributed by atoms with Crippen LogP contribution in [-0.2, 0) is 0 Å². The molecule has 1 N–H and O–H groups in total. The van der Waals surface area contributed by atoms with Crippen molar-refractivity contribution in [2.24, 2.45) is 11.8 Å². The minimum absolute atomic E-state index is 0.808. The first-order valence-electron chi connectivity index (χ1n) is 8.20. The van der Waals surface area contributed by atoms with E-state index in [9.17, 15) is 0 Å². The highest BCUT2D eigenvalue weighted by Gasteiger charge is 2.19. The Labute approximate surface area is 114 Å². The average molecular weight is 252 g/mol. The highest BCUT2D eigenvalue weighted by atomic mass is 15.1. The van der Waals surface area contributed by atoms with Crippen LogP contribution in [0, 0.1) is 11.8 Å². The third kappa shape index (κ3) is 4.89. The molecule has 1 unspecified atom stereocenters. The van der Waals surface area contributed by atoms with Gasteiger partial charge in [0.1, 0.15) is 0 Å². The Morgan fingerprint density at radius 2 is 1.72 bits per heavy atom. The number of nitrogens with one attached hydrogen (secondary N) is 1. The molecule has 1 atom stereocenters. The van der Waals surface area contributed by atoms with Gasteiger partial charge in [0.25, 0.3) is 0 Å². The van der Waals surface area contributed by atoms with Gasteiger partial charge in [-0.25, -0.2) is 0 Å². The van der Waals surface area contributed by atoms with Crippen LogP contribution in [-0.4, -0.2) is 37.1 Å². The van der Waals surface area contributed by atoms with Gasteiger partial charge in [-0.15, -0.1) is 0 Å². The predicted octanol–water partition coefficient (Wildman–Crippen LogP) is 3.28. The molecule has 0 bridgehead atoms. The standard InChI is InChI=1S/C16H32N2/c1-14-6-8-16(9-7-14)17-12-15(2)13-18-10-4-3-5-11-18/h14-17H,3-13H2,1-2H3. The second kappa shape index (κ2) is 7.49. The topological polar surface area (TPSA) is 15.3 Å². The highest BCUT2D eigenvalue weighted by molar-refractivity contribution is 4.77. The molecule has 0 aromatic heterocycles. The van der Waals surface area contributed by atoms with Crippen LogP contribution in [0.3, 0.4) is 0 Å². The third-order valence-electron chi connectivity index (χ3n) is 4.79. The molecule has 2 nitrogen and oxygen atoms in total. The van der Waals surface area contributed by atoms with E-state index < -0.39 is 0 Å². The smallest absolute Gasteiger partial charge is 0.00673 e. The average Bonchev–Trinajstić information content (AvgIpc) is 2.39. The van der Waals surface area contributed by atoms with Gasteiger partial charge in [-0.1, -0.05) is 20.3 Å². The largest absolute Gasteiger partial charge is 0.314 e. The number of hydrogen-bond acceptors (Lipinski definition) is 2. The Morgan fingerprint density at radius 1 is 1.06 bits per heavy atom. The Bertz CT molecular complexity index is 215. The van der Waals surface area contributed by atoms with Gasteiger partial charge in [-0.3, -0.25) is 0 Å². The van der Waals surface area contributed by atoms with E-state index in [4.69, 9.17) is 0 Å². The molecular weight excluding hydrogens is 220 g/mol. The first-order valence-corrected chi connectivity index (χ1v) is 8.20. The van der Waals surface area contributed by atoms with Gasteiger partial charge in [0.15, 0.2) is 0 Å². The summed E-state index contributed by atoms with van der Waals surface area (Å²) in [5.41, 5.74) is 0. The van der Waals surface area contributed by atoms with Gasteiger partial charge in [0.05, 0.1) is 0 Å². The highest BCUT2D eigenvalue weighted by Crippen LogP contribution is 2.23. The Kier molecular flexibility index (Phi) is 5.97. The van der Waals surface area contributed by atoms with Gasteiger partial charge >= 0.3 is 0 Å². The van der Waals surface area contributed by atoms with Crippen LogP contribution < -0.4 is 5.32 Å². The number of hydrogen-bond donors (Lipinski definition) is 1. The summed E-state index contributed by atoms with van der Waals surface area (Å²) < 4.78 is 0. The van der Waals surface area contributed by atoms with Crippen molar-refractivity contribution < 1.29 is 0 Å². The summed E-state index contributed by atoms with van der Waals surface area (Å²) in [6.07, 6.45) is 9.94. The zero-order chi connectivity index (χ0) is 12.8. The number of nitrogens with zero attached hydrogens (tertiary/aromatic N) is 1. The maximum atomic E-state index is 3.80. The van der Waals surface area contributed by atoms with E-state index in [1.807, 2.05) is 0 Å².